The SMILES string of the molecule is Cc1nc(Cl)nc(NC2CCCOC2)c1[N+](=O)[O-]. The van der Waals surface area contributed by atoms with E-state index in [1.165, 1.54) is 6.92 Å². The fourth-order valence-electron chi connectivity index (χ4n) is 1.90. The first-order valence-electron chi connectivity index (χ1n) is 5.60. The fraction of sp³-hybridized carbons (Fsp3) is 0.600. The van der Waals surface area contributed by atoms with Gasteiger partial charge in [0.25, 0.3) is 0 Å². The molecule has 1 aliphatic rings. The molecule has 2 heterocycles. The number of nitrogens with one attached hydrogen (secondary N) is 1. The van der Waals surface area contributed by atoms with Crippen LogP contribution >= 0.6 is 11.6 Å². The Bertz CT molecular complexity index is 463. The summed E-state index contributed by atoms with van der Waals surface area (Å²) in [5, 5.41) is 14.0. The average molecular weight is 273 g/mol. The van der Waals surface area contributed by atoms with E-state index in [1.807, 2.05) is 0 Å². The number of anilines is 1. The van der Waals surface area contributed by atoms with Crippen LogP contribution in [-0.4, -0.2) is 34.1 Å². The Morgan fingerprint density at radius 2 is 2.33 bits per heavy atom. The predicted octanol–water partition coefficient (Wildman–Crippen LogP) is 1.94. The smallest absolute Gasteiger partial charge is 0.332 e. The van der Waals surface area contributed by atoms with E-state index in [1.54, 1.807) is 0 Å². The molecule has 1 unspecified atom stereocenters. The number of rotatable bonds is 3. The summed E-state index contributed by atoms with van der Waals surface area (Å²) >= 11 is 5.73. The quantitative estimate of drug-likeness (QED) is 0.514. The lowest BCUT2D eigenvalue weighted by atomic mass is 10.1. The molecular formula is C10H13ClN4O3. The first-order chi connectivity index (χ1) is 8.58. The van der Waals surface area contributed by atoms with Gasteiger partial charge < -0.3 is 10.1 Å². The minimum Gasteiger partial charge on any atom is -0.379 e. The highest BCUT2D eigenvalue weighted by Gasteiger charge is 2.24. The molecule has 7 nitrogen and oxygen atoms in total. The van der Waals surface area contributed by atoms with Gasteiger partial charge in [0, 0.05) is 6.61 Å². The van der Waals surface area contributed by atoms with Crippen molar-refractivity contribution in [1.29, 1.82) is 0 Å². The maximum atomic E-state index is 11.0. The van der Waals surface area contributed by atoms with E-state index in [0.717, 1.165) is 19.4 Å². The van der Waals surface area contributed by atoms with Gasteiger partial charge in [-0.1, -0.05) is 0 Å². The lowest BCUT2D eigenvalue weighted by Gasteiger charge is -2.23. The standard InChI is InChI=1S/C10H13ClN4O3/c1-6-8(15(16)17)9(14-10(11)12-6)13-7-3-2-4-18-5-7/h7H,2-5H2,1H3,(H,12,13,14). The molecule has 8 heteroatoms. The molecule has 0 bridgehead atoms. The molecule has 2 rings (SSSR count). The van der Waals surface area contributed by atoms with Crippen LogP contribution in [0.2, 0.25) is 5.28 Å². The zero-order valence-corrected chi connectivity index (χ0v) is 10.6. The number of aromatic nitrogens is 2. The van der Waals surface area contributed by atoms with Crippen LogP contribution in [0.1, 0.15) is 18.5 Å². The Morgan fingerprint density at radius 3 is 2.94 bits per heavy atom. The molecular weight excluding hydrogens is 260 g/mol. The van der Waals surface area contributed by atoms with Crippen molar-refractivity contribution in [2.75, 3.05) is 18.5 Å². The monoisotopic (exact) mass is 272 g/mol. The second-order valence-corrected chi connectivity index (χ2v) is 4.43. The maximum Gasteiger partial charge on any atom is 0.332 e. The van der Waals surface area contributed by atoms with E-state index in [0.29, 0.717) is 6.61 Å². The number of hydrogen-bond donors (Lipinski definition) is 1. The van der Waals surface area contributed by atoms with Crippen LogP contribution in [0.5, 0.6) is 0 Å². The Labute approximate surface area is 109 Å². The lowest BCUT2D eigenvalue weighted by Crippen LogP contribution is -2.30. The van der Waals surface area contributed by atoms with Gasteiger partial charge in [-0.05, 0) is 31.4 Å². The number of nitrogens with zero attached hydrogens (tertiary/aromatic N) is 3. The first-order valence-corrected chi connectivity index (χ1v) is 5.98. The average Bonchev–Trinajstić information content (AvgIpc) is 2.28. The van der Waals surface area contributed by atoms with Crippen molar-refractivity contribution in [3.63, 3.8) is 0 Å². The van der Waals surface area contributed by atoms with Crippen molar-refractivity contribution < 1.29 is 9.66 Å². The summed E-state index contributed by atoms with van der Waals surface area (Å²) in [5.74, 6) is 0.160. The van der Waals surface area contributed by atoms with E-state index in [-0.39, 0.29) is 28.5 Å². The highest BCUT2D eigenvalue weighted by atomic mass is 35.5. The largest absolute Gasteiger partial charge is 0.379 e. The summed E-state index contributed by atoms with van der Waals surface area (Å²) in [6.07, 6.45) is 1.81. The predicted molar refractivity (Wildman–Crippen MR) is 65.9 cm³/mol. The Kier molecular flexibility index (Phi) is 3.93. The summed E-state index contributed by atoms with van der Waals surface area (Å²) in [6, 6.07) is 0.0165. The molecule has 0 saturated carbocycles. The summed E-state index contributed by atoms with van der Waals surface area (Å²) in [4.78, 5) is 18.2. The van der Waals surface area contributed by atoms with Gasteiger partial charge in [0.1, 0.15) is 5.69 Å². The van der Waals surface area contributed by atoms with Crippen LogP contribution in [0.15, 0.2) is 0 Å². The zero-order valence-electron chi connectivity index (χ0n) is 9.85. The third-order valence-electron chi connectivity index (χ3n) is 2.71. The first kappa shape index (κ1) is 13.0. The van der Waals surface area contributed by atoms with E-state index >= 15 is 0 Å². The molecule has 1 aliphatic heterocycles. The molecule has 1 atom stereocenters. The second-order valence-electron chi connectivity index (χ2n) is 4.09. The van der Waals surface area contributed by atoms with Crippen molar-refractivity contribution in [3.05, 3.63) is 21.1 Å². The van der Waals surface area contributed by atoms with E-state index < -0.39 is 4.92 Å². The number of aryl methyl sites for hydroxylation is 1. The van der Waals surface area contributed by atoms with Crippen LogP contribution in [0.3, 0.4) is 0 Å². The van der Waals surface area contributed by atoms with Crippen LogP contribution in [0.25, 0.3) is 0 Å². The molecule has 1 N–H and O–H groups in total. The Balaban J connectivity index is 2.27. The van der Waals surface area contributed by atoms with Crippen molar-refractivity contribution >= 4 is 23.1 Å². The summed E-state index contributed by atoms with van der Waals surface area (Å²) in [7, 11) is 0. The van der Waals surface area contributed by atoms with Crippen molar-refractivity contribution in [2.24, 2.45) is 0 Å². The summed E-state index contributed by atoms with van der Waals surface area (Å²) in [6.45, 7) is 2.77. The van der Waals surface area contributed by atoms with Crippen LogP contribution in [0.4, 0.5) is 11.5 Å². The van der Waals surface area contributed by atoms with Gasteiger partial charge in [0.05, 0.1) is 17.6 Å². The second kappa shape index (κ2) is 5.45. The van der Waals surface area contributed by atoms with Gasteiger partial charge in [0.2, 0.25) is 11.1 Å². The molecule has 0 radical (unpaired) electrons. The minimum absolute atomic E-state index is 0.00247. The lowest BCUT2D eigenvalue weighted by molar-refractivity contribution is -0.385. The topological polar surface area (TPSA) is 90.2 Å². The molecule has 1 aromatic heterocycles. The van der Waals surface area contributed by atoms with Crippen LogP contribution in [0, 0.1) is 17.0 Å². The highest BCUT2D eigenvalue weighted by molar-refractivity contribution is 6.28. The third-order valence-corrected chi connectivity index (χ3v) is 2.88. The number of hydrogen-bond acceptors (Lipinski definition) is 6. The number of nitro groups is 1. The Hall–Kier alpha value is -1.47. The fourth-order valence-corrected chi connectivity index (χ4v) is 2.11. The van der Waals surface area contributed by atoms with Crippen LogP contribution in [-0.2, 0) is 4.74 Å². The van der Waals surface area contributed by atoms with Gasteiger partial charge in [0.15, 0.2) is 0 Å². The molecule has 0 spiro atoms. The summed E-state index contributed by atoms with van der Waals surface area (Å²) in [5.41, 5.74) is 0.115. The minimum atomic E-state index is -0.502. The summed E-state index contributed by atoms with van der Waals surface area (Å²) < 4.78 is 5.31. The van der Waals surface area contributed by atoms with Crippen LogP contribution < -0.4 is 5.32 Å². The normalized spacial score (nSPS) is 19.6. The van der Waals surface area contributed by atoms with Gasteiger partial charge in [-0.25, -0.2) is 4.98 Å². The maximum absolute atomic E-state index is 11.0. The number of halogens is 1. The molecule has 1 fully saturated rings. The van der Waals surface area contributed by atoms with Crippen molar-refractivity contribution in [1.82, 2.24) is 9.97 Å². The van der Waals surface area contributed by atoms with Gasteiger partial charge >= 0.3 is 5.69 Å². The van der Waals surface area contributed by atoms with Gasteiger partial charge in [-0.2, -0.15) is 4.98 Å². The van der Waals surface area contributed by atoms with E-state index in [4.69, 9.17) is 16.3 Å². The Morgan fingerprint density at radius 1 is 1.56 bits per heavy atom. The number of ether oxygens (including phenoxy) is 1. The molecule has 1 saturated heterocycles. The molecule has 0 amide bonds. The van der Waals surface area contributed by atoms with Gasteiger partial charge in [-0.15, -0.1) is 0 Å². The van der Waals surface area contributed by atoms with Crippen molar-refractivity contribution in [3.8, 4) is 0 Å². The van der Waals surface area contributed by atoms with E-state index in [9.17, 15) is 10.1 Å². The molecule has 18 heavy (non-hydrogen) atoms. The van der Waals surface area contributed by atoms with Gasteiger partial charge in [-0.3, -0.25) is 10.1 Å². The zero-order chi connectivity index (χ0) is 13.1. The third kappa shape index (κ3) is 2.85. The van der Waals surface area contributed by atoms with Crippen molar-refractivity contribution in [2.45, 2.75) is 25.8 Å². The molecule has 98 valence electrons. The molecule has 0 aliphatic carbocycles. The highest BCUT2D eigenvalue weighted by Crippen LogP contribution is 2.27. The molecule has 0 aromatic carbocycles. The molecule has 1 aromatic rings. The van der Waals surface area contributed by atoms with E-state index in [2.05, 4.69) is 15.3 Å².